The molecule has 0 aromatic heterocycles. The number of benzene rings is 1. The normalized spacial score (nSPS) is 51.2. The van der Waals surface area contributed by atoms with Crippen LogP contribution >= 0.6 is 0 Å². The van der Waals surface area contributed by atoms with Crippen LogP contribution in [0.5, 0.6) is 0 Å². The van der Waals surface area contributed by atoms with Crippen LogP contribution in [0.2, 0.25) is 0 Å². The van der Waals surface area contributed by atoms with Crippen LogP contribution in [0.15, 0.2) is 29.1 Å². The first kappa shape index (κ1) is 3.86. The first-order chi connectivity index (χ1) is 16.1. The maximum Gasteiger partial charge on any atom is 0.175 e. The SMILES string of the molecule is [2H]c1c([2H])c([C@]2([2H])C([2H])([2H])N(C([2H])([2H])CC)C([2H])([2H])C([2H])([2H])C2([2H])[2H])c([2H])c(S(=O)(=O)C([2H])([2H])[2H])c1[2H]. The van der Waals surface area contributed by atoms with Gasteiger partial charge in [0.2, 0.25) is 0 Å². The standard InChI is InChI=1S/C15H23NO2S/c1-3-9-16-10-5-7-14(12-16)13-6-4-8-15(11-13)19(2,17)18/h4,6,8,11,14H,3,5,7,9-10,12H2,1-2H3/t14-/m0/s1/i2D3,4D,5D2,6D,7D2,8D,9D2,10D2,11D,12D2,14D. The van der Waals surface area contributed by atoms with Gasteiger partial charge in [0, 0.05) is 31.9 Å². The van der Waals surface area contributed by atoms with Gasteiger partial charge in [-0.05, 0) is 55.7 Å². The maximum atomic E-state index is 12.7. The van der Waals surface area contributed by atoms with E-state index in [2.05, 4.69) is 0 Å². The highest BCUT2D eigenvalue weighted by Crippen LogP contribution is 2.28. The van der Waals surface area contributed by atoms with Gasteiger partial charge >= 0.3 is 0 Å². The molecule has 1 aromatic rings. The summed E-state index contributed by atoms with van der Waals surface area (Å²) in [5.74, 6) is -4.06. The van der Waals surface area contributed by atoms with Gasteiger partial charge in [-0.15, -0.1) is 0 Å². The van der Waals surface area contributed by atoms with Gasteiger partial charge < -0.3 is 4.90 Å². The number of nitrogens with zero attached hydrogens (tertiary/aromatic N) is 1. The fourth-order valence-corrected chi connectivity index (χ4v) is 1.68. The zero-order valence-corrected chi connectivity index (χ0v) is 10.7. The van der Waals surface area contributed by atoms with E-state index in [1.165, 1.54) is 0 Å². The van der Waals surface area contributed by atoms with Crippen molar-refractivity contribution in [3.63, 3.8) is 0 Å². The molecule has 1 saturated heterocycles. The van der Waals surface area contributed by atoms with E-state index < -0.39 is 100 Å². The third-order valence-electron chi connectivity index (χ3n) is 2.02. The van der Waals surface area contributed by atoms with Crippen molar-refractivity contribution in [1.29, 1.82) is 0 Å². The van der Waals surface area contributed by atoms with E-state index >= 15 is 0 Å². The van der Waals surface area contributed by atoms with Crippen LogP contribution in [0.25, 0.3) is 0 Å². The van der Waals surface area contributed by atoms with Crippen LogP contribution in [0.3, 0.4) is 0 Å². The molecule has 1 aromatic carbocycles. The van der Waals surface area contributed by atoms with E-state index in [1.807, 2.05) is 0 Å². The molecule has 0 aliphatic carbocycles. The minimum Gasteiger partial charge on any atom is -0.303 e. The molecule has 1 aliphatic heterocycles. The fourth-order valence-electron chi connectivity index (χ4n) is 1.26. The quantitative estimate of drug-likeness (QED) is 0.858. The molecule has 0 bridgehead atoms. The Hall–Kier alpha value is -0.870. The Balaban J connectivity index is 3.30. The Morgan fingerprint density at radius 2 is 2.53 bits per heavy atom. The average Bonchev–Trinajstić information content (AvgIpc) is 2.69. The van der Waals surface area contributed by atoms with Crippen molar-refractivity contribution in [2.75, 3.05) is 25.7 Å². The number of hydrogen-bond acceptors (Lipinski definition) is 3. The van der Waals surface area contributed by atoms with E-state index in [4.69, 9.17) is 24.7 Å². The second-order valence-electron chi connectivity index (χ2n) is 3.40. The van der Waals surface area contributed by atoms with E-state index in [0.29, 0.717) is 0 Å². The molecule has 1 heterocycles. The number of likely N-dealkylation sites (tertiary alicyclic amines) is 1. The molecule has 1 atom stereocenters. The molecule has 0 unspecified atom stereocenters. The van der Waals surface area contributed by atoms with E-state index in [-0.39, 0.29) is 0 Å². The van der Waals surface area contributed by atoms with Crippen molar-refractivity contribution >= 4 is 9.84 Å². The zero-order chi connectivity index (χ0) is 29.7. The summed E-state index contributed by atoms with van der Waals surface area (Å²) < 4.78 is 172. The summed E-state index contributed by atoms with van der Waals surface area (Å²) in [6.07, 6.45) is -12.8. The van der Waals surface area contributed by atoms with Gasteiger partial charge in [0.25, 0.3) is 0 Å². The number of piperidine rings is 1. The largest absolute Gasteiger partial charge is 0.303 e. The van der Waals surface area contributed by atoms with Gasteiger partial charge in [-0.25, -0.2) is 8.42 Å². The minimum absolute atomic E-state index is 0.406. The lowest BCUT2D eigenvalue weighted by Gasteiger charge is -2.32. The summed E-state index contributed by atoms with van der Waals surface area (Å²) in [5.41, 5.74) is -1.66. The third kappa shape index (κ3) is 3.80. The van der Waals surface area contributed by atoms with Gasteiger partial charge in [0.15, 0.2) is 9.84 Å². The summed E-state index contributed by atoms with van der Waals surface area (Å²) in [5, 5.41) is 0. The Bertz CT molecular complexity index is 1220. The topological polar surface area (TPSA) is 37.4 Å². The second kappa shape index (κ2) is 6.06. The minimum atomic E-state index is -5.70. The first-order valence-electron chi connectivity index (χ1n) is 14.2. The number of rotatable bonds is 4. The highest BCUT2D eigenvalue weighted by molar-refractivity contribution is 7.90. The van der Waals surface area contributed by atoms with E-state index in [1.54, 1.807) is 0 Å². The third-order valence-corrected chi connectivity index (χ3v) is 2.76. The lowest BCUT2D eigenvalue weighted by atomic mass is 9.90. The Morgan fingerprint density at radius 3 is 3.26 bits per heavy atom. The molecule has 0 N–H and O–H groups in total. The summed E-state index contributed by atoms with van der Waals surface area (Å²) in [7, 11) is -5.70. The highest BCUT2D eigenvalue weighted by Gasteiger charge is 2.21. The molecule has 0 saturated carbocycles. The van der Waals surface area contributed by atoms with Crippen LogP contribution in [0, 0.1) is 0 Å². The zero-order valence-electron chi connectivity index (χ0n) is 27.9. The lowest BCUT2D eigenvalue weighted by molar-refractivity contribution is 0.208. The molecule has 1 fully saturated rings. The molecular formula is C15H23NO2S. The number of sulfone groups is 1. The molecule has 0 radical (unpaired) electrons. The Morgan fingerprint density at radius 1 is 1.68 bits per heavy atom. The second-order valence-corrected chi connectivity index (χ2v) is 4.82. The lowest BCUT2D eigenvalue weighted by Crippen LogP contribution is -2.34. The van der Waals surface area contributed by atoms with Gasteiger partial charge in [-0.2, -0.15) is 0 Å². The van der Waals surface area contributed by atoms with Gasteiger partial charge in [0.05, 0.1) is 10.4 Å². The summed E-state index contributed by atoms with van der Waals surface area (Å²) in [4.78, 5) is -2.17. The molecule has 3 nitrogen and oxygen atoms in total. The maximum absolute atomic E-state index is 12.7. The van der Waals surface area contributed by atoms with Gasteiger partial charge in [-0.1, -0.05) is 19.0 Å². The van der Waals surface area contributed by atoms with Crippen molar-refractivity contribution in [2.45, 2.75) is 36.9 Å². The van der Waals surface area contributed by atoms with Crippen LogP contribution in [-0.4, -0.2) is 39.0 Å². The molecular weight excluding hydrogens is 258 g/mol. The van der Waals surface area contributed by atoms with Crippen LogP contribution in [0.4, 0.5) is 0 Å². The molecule has 0 spiro atoms. The average molecular weight is 300 g/mol. The number of hydrogen-bond donors (Lipinski definition) is 0. The van der Waals surface area contributed by atoms with Crippen LogP contribution in [0.1, 0.15) is 62.2 Å². The van der Waals surface area contributed by atoms with E-state index in [9.17, 15) is 8.42 Å². The smallest absolute Gasteiger partial charge is 0.175 e. The van der Waals surface area contributed by atoms with Crippen molar-refractivity contribution in [3.05, 3.63) is 29.7 Å². The van der Waals surface area contributed by atoms with Crippen molar-refractivity contribution in [1.82, 2.24) is 4.90 Å². The van der Waals surface area contributed by atoms with Crippen LogP contribution < -0.4 is 0 Å². The predicted octanol–water partition coefficient (Wildman–Crippen LogP) is 2.68. The highest BCUT2D eigenvalue weighted by atomic mass is 32.2. The Kier molecular flexibility index (Phi) is 1.23. The summed E-state index contributed by atoms with van der Waals surface area (Å²) >= 11 is 0. The predicted molar refractivity (Wildman–Crippen MR) is 78.3 cm³/mol. The summed E-state index contributed by atoms with van der Waals surface area (Å²) in [6.45, 7) is -9.84. The fraction of sp³-hybridized carbons (Fsp3) is 0.600. The molecule has 2 rings (SSSR count). The monoisotopic (exact) mass is 299 g/mol. The summed E-state index contributed by atoms with van der Waals surface area (Å²) in [6, 6.07) is -6.18. The van der Waals surface area contributed by atoms with Crippen LogP contribution in [-0.2, 0) is 9.84 Å². The van der Waals surface area contributed by atoms with Gasteiger partial charge in [-0.3, -0.25) is 0 Å². The Labute approximate surface area is 141 Å². The van der Waals surface area contributed by atoms with Gasteiger partial charge in [0.1, 0.15) is 0 Å². The molecule has 106 valence electrons. The molecule has 4 heteroatoms. The molecule has 0 amide bonds. The molecule has 1 aliphatic rings. The van der Waals surface area contributed by atoms with E-state index in [0.717, 1.165) is 6.92 Å². The molecule has 19 heavy (non-hydrogen) atoms. The van der Waals surface area contributed by atoms with Crippen molar-refractivity contribution < 1.29 is 33.1 Å². The first-order valence-corrected chi connectivity index (χ1v) is 6.71. The van der Waals surface area contributed by atoms with Crippen molar-refractivity contribution in [2.24, 2.45) is 0 Å². The van der Waals surface area contributed by atoms with Crippen molar-refractivity contribution in [3.8, 4) is 0 Å².